The molecule has 3 fully saturated rings. The van der Waals surface area contributed by atoms with E-state index < -0.39 is 0 Å². The van der Waals surface area contributed by atoms with Crippen molar-refractivity contribution in [1.82, 2.24) is 4.57 Å². The minimum absolute atomic E-state index is 0.559. The summed E-state index contributed by atoms with van der Waals surface area (Å²) in [5.41, 5.74) is 5.96. The van der Waals surface area contributed by atoms with Crippen LogP contribution in [0.3, 0.4) is 0 Å². The predicted octanol–water partition coefficient (Wildman–Crippen LogP) is 4.93. The number of fused-ring (bicyclic) bond motifs is 2. The van der Waals surface area contributed by atoms with Crippen LogP contribution >= 0.6 is 0 Å². The molecular weight excluding hydrogens is 292 g/mol. The molecule has 0 amide bonds. The monoisotopic (exact) mass is 323 g/mol. The van der Waals surface area contributed by atoms with Gasteiger partial charge in [-0.15, -0.1) is 0 Å². The molecule has 2 aromatic rings. The van der Waals surface area contributed by atoms with E-state index in [1.807, 2.05) is 0 Å². The fourth-order valence-electron chi connectivity index (χ4n) is 5.79. The Bertz CT molecular complexity index is 760. The number of hydrogen-bond acceptors (Lipinski definition) is 0. The molecule has 128 valence electrons. The van der Waals surface area contributed by atoms with Crippen molar-refractivity contribution in [2.24, 2.45) is 23.2 Å². The molecule has 2 bridgehead atoms. The zero-order valence-corrected chi connectivity index (χ0v) is 16.0. The van der Waals surface area contributed by atoms with Crippen LogP contribution in [-0.2, 0) is 0 Å². The van der Waals surface area contributed by atoms with Gasteiger partial charge in [0.25, 0.3) is 0 Å². The summed E-state index contributed by atoms with van der Waals surface area (Å²) in [5, 5.41) is 0. The lowest BCUT2D eigenvalue weighted by Gasteiger charge is -2.61. The average molecular weight is 324 g/mol. The number of rotatable bonds is 2. The maximum Gasteiger partial charge on any atom is 0.249 e. The third-order valence-electron chi connectivity index (χ3n) is 7.25. The second-order valence-corrected chi connectivity index (χ2v) is 9.04. The molecule has 24 heavy (non-hydrogen) atoms. The van der Waals surface area contributed by atoms with Crippen LogP contribution in [0.15, 0.2) is 30.9 Å². The molecule has 1 aromatic carbocycles. The molecule has 3 aliphatic rings. The number of hydrogen-bond donors (Lipinski definition) is 0. The Hall–Kier alpha value is -1.57. The van der Waals surface area contributed by atoms with Gasteiger partial charge < -0.3 is 0 Å². The van der Waals surface area contributed by atoms with Crippen molar-refractivity contribution in [3.63, 3.8) is 0 Å². The number of benzene rings is 1. The second-order valence-electron chi connectivity index (χ2n) is 9.04. The maximum absolute atomic E-state index is 2.48. The SMILES string of the molecule is Cc1cc(C)c(-[n+]2ccn([C@H]3C[C@H]4C[C@@H]([C@@H]3C)C4(C)C)c2)c(C)c1. The zero-order chi connectivity index (χ0) is 17.2. The summed E-state index contributed by atoms with van der Waals surface area (Å²) in [6.45, 7) is 14.1. The summed E-state index contributed by atoms with van der Waals surface area (Å²) >= 11 is 0. The lowest BCUT2D eigenvalue weighted by molar-refractivity contribution is -0.596. The Labute approximate surface area is 146 Å². The van der Waals surface area contributed by atoms with Gasteiger partial charge in [0.15, 0.2) is 0 Å². The molecule has 2 heteroatoms. The van der Waals surface area contributed by atoms with Crippen LogP contribution < -0.4 is 4.57 Å². The predicted molar refractivity (Wildman–Crippen MR) is 98.4 cm³/mol. The molecule has 0 unspecified atom stereocenters. The highest BCUT2D eigenvalue weighted by molar-refractivity contribution is 5.43. The van der Waals surface area contributed by atoms with E-state index in [-0.39, 0.29) is 0 Å². The molecule has 0 saturated heterocycles. The molecule has 0 radical (unpaired) electrons. The first-order chi connectivity index (χ1) is 11.3. The topological polar surface area (TPSA) is 8.81 Å². The standard InChI is InChI=1S/C22H31N2/c1-14-9-15(2)21(16(3)10-14)24-8-7-23(13-24)20-12-18-11-19(17(20)4)22(18,5)6/h7-10,13,17-20H,11-12H2,1-6H3/q+1/t17-,18+,19-,20-/m0/s1. The summed E-state index contributed by atoms with van der Waals surface area (Å²) < 4.78 is 4.81. The van der Waals surface area contributed by atoms with E-state index in [1.54, 1.807) is 0 Å². The summed E-state index contributed by atoms with van der Waals surface area (Å²) in [7, 11) is 0. The molecule has 0 aliphatic heterocycles. The second kappa shape index (κ2) is 5.21. The van der Waals surface area contributed by atoms with E-state index in [0.29, 0.717) is 11.5 Å². The van der Waals surface area contributed by atoms with Gasteiger partial charge in [-0.3, -0.25) is 0 Å². The maximum atomic E-state index is 2.48. The highest BCUT2D eigenvalue weighted by Gasteiger charge is 2.57. The Morgan fingerprint density at radius 1 is 1.08 bits per heavy atom. The molecule has 4 atom stereocenters. The number of aryl methyl sites for hydroxylation is 3. The van der Waals surface area contributed by atoms with Crippen molar-refractivity contribution in [3.05, 3.63) is 47.5 Å². The molecule has 5 rings (SSSR count). The normalized spacial score (nSPS) is 30.9. The Kier molecular flexibility index (Phi) is 3.46. The third-order valence-corrected chi connectivity index (χ3v) is 7.25. The van der Waals surface area contributed by atoms with Crippen LogP contribution in [0.1, 0.15) is 56.3 Å². The van der Waals surface area contributed by atoms with Gasteiger partial charge in [-0.25, -0.2) is 9.13 Å². The smallest absolute Gasteiger partial charge is 0.233 e. The summed E-state index contributed by atoms with van der Waals surface area (Å²) in [6.07, 6.45) is 9.64. The van der Waals surface area contributed by atoms with E-state index in [9.17, 15) is 0 Å². The fourth-order valence-corrected chi connectivity index (χ4v) is 5.79. The van der Waals surface area contributed by atoms with Crippen LogP contribution in [0, 0.1) is 43.9 Å². The summed E-state index contributed by atoms with van der Waals surface area (Å²) in [5.74, 6) is 2.56. The molecular formula is C22H31N2+. The first-order valence-corrected chi connectivity index (χ1v) is 9.46. The van der Waals surface area contributed by atoms with Gasteiger partial charge in [-0.1, -0.05) is 38.5 Å². The summed E-state index contributed by atoms with van der Waals surface area (Å²) in [6, 6.07) is 5.23. The van der Waals surface area contributed by atoms with Crippen molar-refractivity contribution in [1.29, 1.82) is 0 Å². The van der Waals surface area contributed by atoms with E-state index in [1.165, 1.54) is 35.2 Å². The average Bonchev–Trinajstić information content (AvgIpc) is 2.95. The van der Waals surface area contributed by atoms with Gasteiger partial charge in [-0.2, -0.15) is 0 Å². The van der Waals surface area contributed by atoms with Gasteiger partial charge in [0.05, 0.1) is 0 Å². The highest BCUT2D eigenvalue weighted by atomic mass is 15.1. The molecule has 2 nitrogen and oxygen atoms in total. The fraction of sp³-hybridized carbons (Fsp3) is 0.591. The molecule has 0 N–H and O–H groups in total. The van der Waals surface area contributed by atoms with E-state index in [0.717, 1.165) is 17.8 Å². The van der Waals surface area contributed by atoms with Gasteiger partial charge >= 0.3 is 0 Å². The Morgan fingerprint density at radius 3 is 2.33 bits per heavy atom. The molecule has 1 heterocycles. The third kappa shape index (κ3) is 2.18. The first kappa shape index (κ1) is 15.9. The van der Waals surface area contributed by atoms with Gasteiger partial charge in [0, 0.05) is 5.92 Å². The van der Waals surface area contributed by atoms with E-state index in [4.69, 9.17) is 0 Å². The molecule has 3 saturated carbocycles. The van der Waals surface area contributed by atoms with Crippen molar-refractivity contribution < 1.29 is 4.57 Å². The van der Waals surface area contributed by atoms with Crippen molar-refractivity contribution in [3.8, 4) is 5.69 Å². The van der Waals surface area contributed by atoms with Crippen LogP contribution in [-0.4, -0.2) is 4.57 Å². The van der Waals surface area contributed by atoms with Crippen LogP contribution in [0.4, 0.5) is 0 Å². The number of nitrogens with zero attached hydrogens (tertiary/aromatic N) is 2. The van der Waals surface area contributed by atoms with Crippen molar-refractivity contribution in [2.75, 3.05) is 0 Å². The van der Waals surface area contributed by atoms with Crippen LogP contribution in [0.5, 0.6) is 0 Å². The molecule has 3 aliphatic carbocycles. The first-order valence-electron chi connectivity index (χ1n) is 9.46. The minimum Gasteiger partial charge on any atom is -0.233 e. The van der Waals surface area contributed by atoms with Crippen molar-refractivity contribution >= 4 is 0 Å². The highest BCUT2D eigenvalue weighted by Crippen LogP contribution is 2.63. The van der Waals surface area contributed by atoms with Crippen LogP contribution in [0.25, 0.3) is 5.69 Å². The molecule has 0 spiro atoms. The van der Waals surface area contributed by atoms with Gasteiger partial charge in [0.2, 0.25) is 6.33 Å². The van der Waals surface area contributed by atoms with Crippen molar-refractivity contribution in [2.45, 2.75) is 60.4 Å². The molecule has 1 aromatic heterocycles. The Balaban J connectivity index is 1.65. The van der Waals surface area contributed by atoms with E-state index in [2.05, 4.69) is 81.5 Å². The number of imidazole rings is 1. The van der Waals surface area contributed by atoms with Gasteiger partial charge in [-0.05, 0) is 62.0 Å². The lowest BCUT2D eigenvalue weighted by atomic mass is 9.44. The summed E-state index contributed by atoms with van der Waals surface area (Å²) in [4.78, 5) is 0. The minimum atomic E-state index is 0.559. The zero-order valence-electron chi connectivity index (χ0n) is 16.0. The quantitative estimate of drug-likeness (QED) is 0.693. The largest absolute Gasteiger partial charge is 0.249 e. The Morgan fingerprint density at radius 2 is 1.75 bits per heavy atom. The number of aromatic nitrogens is 2. The van der Waals surface area contributed by atoms with Gasteiger partial charge in [0.1, 0.15) is 24.1 Å². The van der Waals surface area contributed by atoms with Crippen LogP contribution in [0.2, 0.25) is 0 Å². The van der Waals surface area contributed by atoms with E-state index >= 15 is 0 Å². The lowest BCUT2D eigenvalue weighted by Crippen LogP contribution is -2.55.